The fourth-order valence-electron chi connectivity index (χ4n) is 1.07. The summed E-state index contributed by atoms with van der Waals surface area (Å²) in [5, 5.41) is 3.76. The van der Waals surface area contributed by atoms with E-state index in [-0.39, 0.29) is 6.03 Å². The summed E-state index contributed by atoms with van der Waals surface area (Å²) in [5.74, 6) is 0.553. The Morgan fingerprint density at radius 3 is 2.80 bits per heavy atom. The second-order valence-corrected chi connectivity index (χ2v) is 3.00. The molecule has 0 N–H and O–H groups in total. The van der Waals surface area contributed by atoms with Gasteiger partial charge in [-0.1, -0.05) is 13.8 Å². The van der Waals surface area contributed by atoms with Gasteiger partial charge in [0.05, 0.1) is 6.54 Å². The molecule has 0 unspecified atom stereocenters. The van der Waals surface area contributed by atoms with E-state index in [1.165, 1.54) is 0 Å². The molecule has 0 spiro atoms. The summed E-state index contributed by atoms with van der Waals surface area (Å²) in [7, 11) is 0. The van der Waals surface area contributed by atoms with Crippen molar-refractivity contribution < 1.29 is 4.79 Å². The monoisotopic (exact) mass is 141 g/mol. The van der Waals surface area contributed by atoms with Gasteiger partial charge < -0.3 is 4.90 Å². The Balaban J connectivity index is 2.33. The Hall–Kier alpha value is -0.730. The van der Waals surface area contributed by atoms with Crippen molar-refractivity contribution in [2.45, 2.75) is 13.8 Å². The molecular formula is C7H13N2O. The number of urea groups is 1. The summed E-state index contributed by atoms with van der Waals surface area (Å²) in [6.07, 6.45) is 0. The molecule has 0 saturated carbocycles. The third-order valence-corrected chi connectivity index (χ3v) is 1.47. The first-order valence-corrected chi connectivity index (χ1v) is 3.66. The van der Waals surface area contributed by atoms with E-state index in [1.54, 1.807) is 4.90 Å². The van der Waals surface area contributed by atoms with Crippen LogP contribution in [-0.2, 0) is 0 Å². The van der Waals surface area contributed by atoms with Gasteiger partial charge in [0.15, 0.2) is 0 Å². The van der Waals surface area contributed by atoms with Gasteiger partial charge in [-0.25, -0.2) is 10.1 Å². The molecule has 0 aliphatic carbocycles. The minimum absolute atomic E-state index is 0.0336. The van der Waals surface area contributed by atoms with Crippen LogP contribution in [0.4, 0.5) is 4.79 Å². The quantitative estimate of drug-likeness (QED) is 0.557. The maximum absolute atomic E-state index is 10.9. The molecule has 1 aliphatic rings. The topological polar surface area (TPSA) is 34.4 Å². The van der Waals surface area contributed by atoms with Crippen molar-refractivity contribution in [3.63, 3.8) is 0 Å². The van der Waals surface area contributed by atoms with Crippen LogP contribution in [0.15, 0.2) is 0 Å². The van der Waals surface area contributed by atoms with Crippen LogP contribution in [0.25, 0.3) is 0 Å². The van der Waals surface area contributed by atoms with Gasteiger partial charge >= 0.3 is 6.03 Å². The standard InChI is InChI=1S/C7H13N2O/c1-6(2)5-9-4-3-8-7(9)10/h6H,3-5H2,1-2H3. The SMILES string of the molecule is CC(C)CN1CC[N]C1=O. The Kier molecular flexibility index (Phi) is 2.14. The highest BCUT2D eigenvalue weighted by molar-refractivity contribution is 5.75. The van der Waals surface area contributed by atoms with Crippen molar-refractivity contribution in [1.29, 1.82) is 0 Å². The van der Waals surface area contributed by atoms with Gasteiger partial charge in [0, 0.05) is 13.1 Å². The first-order valence-electron chi connectivity index (χ1n) is 3.66. The van der Waals surface area contributed by atoms with Gasteiger partial charge in [0.2, 0.25) is 0 Å². The van der Waals surface area contributed by atoms with E-state index in [0.29, 0.717) is 12.5 Å². The highest BCUT2D eigenvalue weighted by atomic mass is 16.2. The van der Waals surface area contributed by atoms with Crippen molar-refractivity contribution in [3.05, 3.63) is 0 Å². The van der Waals surface area contributed by atoms with E-state index in [1.807, 2.05) is 0 Å². The molecular weight excluding hydrogens is 128 g/mol. The smallest absolute Gasteiger partial charge is 0.321 e. The second kappa shape index (κ2) is 2.90. The zero-order valence-corrected chi connectivity index (χ0v) is 6.50. The van der Waals surface area contributed by atoms with Crippen molar-refractivity contribution in [2.75, 3.05) is 19.6 Å². The Labute approximate surface area is 61.4 Å². The van der Waals surface area contributed by atoms with E-state index in [0.717, 1.165) is 13.1 Å². The van der Waals surface area contributed by atoms with E-state index < -0.39 is 0 Å². The minimum atomic E-state index is -0.0336. The van der Waals surface area contributed by atoms with Crippen LogP contribution in [-0.4, -0.2) is 30.6 Å². The van der Waals surface area contributed by atoms with Crippen molar-refractivity contribution in [1.82, 2.24) is 10.2 Å². The van der Waals surface area contributed by atoms with Crippen LogP contribution in [0, 0.1) is 5.92 Å². The van der Waals surface area contributed by atoms with Crippen LogP contribution in [0.5, 0.6) is 0 Å². The van der Waals surface area contributed by atoms with E-state index in [2.05, 4.69) is 19.2 Å². The van der Waals surface area contributed by atoms with Gasteiger partial charge in [-0.15, -0.1) is 0 Å². The lowest BCUT2D eigenvalue weighted by Gasteiger charge is -2.15. The molecule has 3 nitrogen and oxygen atoms in total. The van der Waals surface area contributed by atoms with Crippen LogP contribution in [0.3, 0.4) is 0 Å². The summed E-state index contributed by atoms with van der Waals surface area (Å²) >= 11 is 0. The molecule has 0 bridgehead atoms. The van der Waals surface area contributed by atoms with Gasteiger partial charge in [-0.05, 0) is 5.92 Å². The van der Waals surface area contributed by atoms with Gasteiger partial charge in [-0.2, -0.15) is 0 Å². The molecule has 0 aromatic carbocycles. The molecule has 1 rings (SSSR count). The van der Waals surface area contributed by atoms with Gasteiger partial charge in [-0.3, -0.25) is 0 Å². The molecule has 0 aromatic heterocycles. The summed E-state index contributed by atoms with van der Waals surface area (Å²) in [5.41, 5.74) is 0. The Morgan fingerprint density at radius 2 is 2.40 bits per heavy atom. The molecule has 10 heavy (non-hydrogen) atoms. The highest BCUT2D eigenvalue weighted by Gasteiger charge is 2.21. The molecule has 1 radical (unpaired) electrons. The van der Waals surface area contributed by atoms with Crippen molar-refractivity contribution in [3.8, 4) is 0 Å². The van der Waals surface area contributed by atoms with Crippen LogP contribution >= 0.6 is 0 Å². The number of carbonyl (C=O) groups excluding carboxylic acids is 1. The molecule has 1 aliphatic heterocycles. The predicted octanol–water partition coefficient (Wildman–Crippen LogP) is 0.682. The van der Waals surface area contributed by atoms with E-state index in [9.17, 15) is 4.79 Å². The van der Waals surface area contributed by atoms with Crippen molar-refractivity contribution >= 4 is 6.03 Å². The first kappa shape index (κ1) is 7.38. The number of rotatable bonds is 2. The zero-order chi connectivity index (χ0) is 7.56. The lowest BCUT2D eigenvalue weighted by atomic mass is 10.2. The fourth-order valence-corrected chi connectivity index (χ4v) is 1.07. The maximum Gasteiger partial charge on any atom is 0.339 e. The summed E-state index contributed by atoms with van der Waals surface area (Å²) < 4.78 is 0. The summed E-state index contributed by atoms with van der Waals surface area (Å²) in [4.78, 5) is 12.7. The number of nitrogens with zero attached hydrogens (tertiary/aromatic N) is 2. The summed E-state index contributed by atoms with van der Waals surface area (Å²) in [6.45, 7) is 6.56. The first-order chi connectivity index (χ1) is 4.70. The number of hydrogen-bond donors (Lipinski definition) is 0. The van der Waals surface area contributed by atoms with Crippen molar-refractivity contribution in [2.24, 2.45) is 5.92 Å². The number of hydrogen-bond acceptors (Lipinski definition) is 1. The van der Waals surface area contributed by atoms with Crippen LogP contribution in [0.1, 0.15) is 13.8 Å². The highest BCUT2D eigenvalue weighted by Crippen LogP contribution is 2.02. The largest absolute Gasteiger partial charge is 0.339 e. The minimum Gasteiger partial charge on any atom is -0.321 e. The molecule has 1 heterocycles. The van der Waals surface area contributed by atoms with E-state index in [4.69, 9.17) is 0 Å². The second-order valence-electron chi connectivity index (χ2n) is 3.00. The third kappa shape index (κ3) is 1.62. The molecule has 57 valence electrons. The number of amides is 2. The molecule has 1 fully saturated rings. The maximum atomic E-state index is 10.9. The number of carbonyl (C=O) groups is 1. The Morgan fingerprint density at radius 1 is 1.70 bits per heavy atom. The lowest BCUT2D eigenvalue weighted by molar-refractivity contribution is 0.211. The zero-order valence-electron chi connectivity index (χ0n) is 6.50. The van der Waals surface area contributed by atoms with Gasteiger partial charge in [0.1, 0.15) is 0 Å². The third-order valence-electron chi connectivity index (χ3n) is 1.47. The molecule has 3 heteroatoms. The Bertz CT molecular complexity index is 134. The predicted molar refractivity (Wildman–Crippen MR) is 38.8 cm³/mol. The van der Waals surface area contributed by atoms with Crippen LogP contribution in [0.2, 0.25) is 0 Å². The molecule has 2 amide bonds. The molecule has 0 aromatic rings. The lowest BCUT2D eigenvalue weighted by Crippen LogP contribution is -2.29. The van der Waals surface area contributed by atoms with Gasteiger partial charge in [0.25, 0.3) is 0 Å². The average Bonchev–Trinajstić information content (AvgIpc) is 2.15. The molecule has 0 atom stereocenters. The normalized spacial score (nSPS) is 18.3. The van der Waals surface area contributed by atoms with Crippen LogP contribution < -0.4 is 5.32 Å². The van der Waals surface area contributed by atoms with E-state index >= 15 is 0 Å². The molecule has 1 saturated heterocycles. The summed E-state index contributed by atoms with van der Waals surface area (Å²) in [6, 6.07) is -0.0336. The fraction of sp³-hybridized carbons (Fsp3) is 0.857. The average molecular weight is 141 g/mol.